The van der Waals surface area contributed by atoms with Crippen LogP contribution >= 0.6 is 22.9 Å². The third kappa shape index (κ3) is 3.41. The van der Waals surface area contributed by atoms with Crippen molar-refractivity contribution in [3.63, 3.8) is 0 Å². The third-order valence-electron chi connectivity index (χ3n) is 1.82. The summed E-state index contributed by atoms with van der Waals surface area (Å²) in [5.74, 6) is 0. The maximum atomic E-state index is 12.1. The largest absolute Gasteiger partial charge is 0.253 e. The Kier molecular flexibility index (Phi) is 3.99. The van der Waals surface area contributed by atoms with E-state index in [1.807, 2.05) is 20.8 Å². The minimum atomic E-state index is -3.45. The van der Waals surface area contributed by atoms with Gasteiger partial charge in [-0.1, -0.05) is 43.7 Å². The summed E-state index contributed by atoms with van der Waals surface area (Å²) < 4.78 is 25.9. The van der Waals surface area contributed by atoms with E-state index in [1.54, 1.807) is 7.05 Å². The van der Waals surface area contributed by atoms with Crippen LogP contribution in [-0.4, -0.2) is 31.3 Å². The smallest absolute Gasteiger partial charge is 0.232 e. The molecule has 0 saturated heterocycles. The van der Waals surface area contributed by atoms with Crippen LogP contribution in [0.3, 0.4) is 0 Å². The highest BCUT2D eigenvalue weighted by molar-refractivity contribution is 7.91. The minimum absolute atomic E-state index is 0.0870. The topological polar surface area (TPSA) is 50.3 Å². The summed E-state index contributed by atoms with van der Waals surface area (Å²) in [6.45, 7) is 6.40. The van der Waals surface area contributed by atoms with Gasteiger partial charge >= 0.3 is 0 Å². The van der Waals surface area contributed by atoms with E-state index in [0.717, 1.165) is 11.3 Å². The van der Waals surface area contributed by atoms with Crippen LogP contribution in [0, 0.1) is 5.41 Å². The molecule has 0 bridgehead atoms. The molecule has 0 amide bonds. The van der Waals surface area contributed by atoms with E-state index in [4.69, 9.17) is 11.6 Å². The molecule has 0 aliphatic carbocycles. The van der Waals surface area contributed by atoms with E-state index >= 15 is 0 Å². The molecule has 1 heterocycles. The van der Waals surface area contributed by atoms with Gasteiger partial charge in [-0.15, -0.1) is 0 Å². The van der Waals surface area contributed by atoms with Gasteiger partial charge in [0.2, 0.25) is 0 Å². The Hall–Kier alpha value is -0.170. The van der Waals surface area contributed by atoms with Crippen LogP contribution in [0.4, 0.5) is 0 Å². The number of rotatable bonds is 3. The first kappa shape index (κ1) is 13.9. The van der Waals surface area contributed by atoms with E-state index in [2.05, 4.69) is 4.98 Å². The van der Waals surface area contributed by atoms with Crippen LogP contribution in [0.15, 0.2) is 10.4 Å². The van der Waals surface area contributed by atoms with Crippen molar-refractivity contribution in [2.75, 3.05) is 13.6 Å². The number of aromatic nitrogens is 1. The van der Waals surface area contributed by atoms with Crippen molar-refractivity contribution in [2.45, 2.75) is 25.0 Å². The fourth-order valence-corrected chi connectivity index (χ4v) is 4.17. The van der Waals surface area contributed by atoms with E-state index in [9.17, 15) is 8.42 Å². The monoisotopic (exact) mass is 282 g/mol. The van der Waals surface area contributed by atoms with Crippen molar-refractivity contribution in [2.24, 2.45) is 5.41 Å². The number of halogens is 1. The Morgan fingerprint density at radius 3 is 2.44 bits per heavy atom. The van der Waals surface area contributed by atoms with E-state index in [0.29, 0.717) is 6.54 Å². The molecule has 0 aliphatic heterocycles. The molecule has 0 aromatic carbocycles. The number of sulfonamides is 1. The second-order valence-corrected chi connectivity index (χ2v) is 8.64. The molecule has 1 aromatic rings. The first-order valence-corrected chi connectivity index (χ1v) is 7.34. The molecule has 92 valence electrons. The second kappa shape index (κ2) is 4.60. The van der Waals surface area contributed by atoms with Gasteiger partial charge in [-0.3, -0.25) is 0 Å². The highest BCUT2D eigenvalue weighted by Crippen LogP contribution is 2.26. The fraction of sp³-hybridized carbons (Fsp3) is 0.667. The average molecular weight is 283 g/mol. The zero-order valence-electron chi connectivity index (χ0n) is 9.69. The van der Waals surface area contributed by atoms with Gasteiger partial charge in [0.25, 0.3) is 10.0 Å². The van der Waals surface area contributed by atoms with Crippen LogP contribution in [0.25, 0.3) is 0 Å². The molecule has 0 radical (unpaired) electrons. The van der Waals surface area contributed by atoms with Crippen molar-refractivity contribution in [1.82, 2.24) is 9.29 Å². The van der Waals surface area contributed by atoms with Crippen LogP contribution in [-0.2, 0) is 10.0 Å². The molecule has 1 aromatic heterocycles. The maximum Gasteiger partial charge on any atom is 0.253 e. The summed E-state index contributed by atoms with van der Waals surface area (Å²) in [6, 6.07) is 0. The number of thiazole rings is 1. The molecule has 4 nitrogen and oxygen atoms in total. The first-order chi connectivity index (χ1) is 7.13. The number of hydrogen-bond donors (Lipinski definition) is 0. The summed E-state index contributed by atoms with van der Waals surface area (Å²) in [5.41, 5.74) is -0.0870. The molecular formula is C9H15ClN2O2S2. The molecular weight excluding hydrogens is 268 g/mol. The van der Waals surface area contributed by atoms with Crippen molar-refractivity contribution in [3.8, 4) is 0 Å². The maximum absolute atomic E-state index is 12.1. The summed E-state index contributed by atoms with van der Waals surface area (Å²) in [4.78, 5) is 3.74. The molecule has 0 saturated carbocycles. The Morgan fingerprint density at radius 1 is 1.50 bits per heavy atom. The Labute approximate surface area is 105 Å². The number of hydrogen-bond acceptors (Lipinski definition) is 4. The molecule has 16 heavy (non-hydrogen) atoms. The van der Waals surface area contributed by atoms with Crippen molar-refractivity contribution < 1.29 is 8.42 Å². The normalized spacial score (nSPS) is 13.4. The fourth-order valence-electron chi connectivity index (χ4n) is 1.26. The molecule has 1 rings (SSSR count). The SMILES string of the molecule is CN(CC(C)(C)C)S(=O)(=O)c1cnc(Cl)s1. The average Bonchev–Trinajstić information content (AvgIpc) is 2.48. The lowest BCUT2D eigenvalue weighted by Gasteiger charge is -2.25. The quantitative estimate of drug-likeness (QED) is 0.856. The van der Waals surface area contributed by atoms with E-state index in [-0.39, 0.29) is 14.1 Å². The van der Waals surface area contributed by atoms with Gasteiger partial charge < -0.3 is 0 Å². The molecule has 0 atom stereocenters. The molecule has 0 aliphatic rings. The van der Waals surface area contributed by atoms with Crippen LogP contribution < -0.4 is 0 Å². The van der Waals surface area contributed by atoms with Gasteiger partial charge in [0.15, 0.2) is 8.68 Å². The van der Waals surface area contributed by atoms with Crippen molar-refractivity contribution in [3.05, 3.63) is 10.7 Å². The summed E-state index contributed by atoms with van der Waals surface area (Å²) in [6.07, 6.45) is 1.29. The van der Waals surface area contributed by atoms with Crippen LogP contribution in [0.5, 0.6) is 0 Å². The van der Waals surface area contributed by atoms with Gasteiger partial charge in [0.05, 0.1) is 6.20 Å². The van der Waals surface area contributed by atoms with E-state index in [1.165, 1.54) is 10.5 Å². The standard InChI is InChI=1S/C9H15ClN2O2S2/c1-9(2,3)6-12(4)16(13,14)7-5-11-8(10)15-7/h5H,6H2,1-4H3. The highest BCUT2D eigenvalue weighted by atomic mass is 35.5. The lowest BCUT2D eigenvalue weighted by atomic mass is 9.97. The lowest BCUT2D eigenvalue weighted by Crippen LogP contribution is -2.34. The van der Waals surface area contributed by atoms with Gasteiger partial charge in [0, 0.05) is 13.6 Å². The van der Waals surface area contributed by atoms with Crippen LogP contribution in [0.2, 0.25) is 4.47 Å². The van der Waals surface area contributed by atoms with Crippen LogP contribution in [0.1, 0.15) is 20.8 Å². The highest BCUT2D eigenvalue weighted by Gasteiger charge is 2.26. The van der Waals surface area contributed by atoms with Gasteiger partial charge in [-0.05, 0) is 5.41 Å². The number of nitrogens with zero attached hydrogens (tertiary/aromatic N) is 2. The Balaban J connectivity index is 2.95. The van der Waals surface area contributed by atoms with Crippen molar-refractivity contribution in [1.29, 1.82) is 0 Å². The molecule has 0 N–H and O–H groups in total. The second-order valence-electron chi connectivity index (χ2n) is 4.75. The van der Waals surface area contributed by atoms with Crippen molar-refractivity contribution >= 4 is 33.0 Å². The third-order valence-corrected chi connectivity index (χ3v) is 5.17. The van der Waals surface area contributed by atoms with Gasteiger partial charge in [0.1, 0.15) is 0 Å². The molecule has 0 spiro atoms. The zero-order valence-corrected chi connectivity index (χ0v) is 12.1. The molecule has 0 unspecified atom stereocenters. The van der Waals surface area contributed by atoms with E-state index < -0.39 is 10.0 Å². The summed E-state index contributed by atoms with van der Waals surface area (Å²) >= 11 is 6.60. The van der Waals surface area contributed by atoms with Gasteiger partial charge in [-0.25, -0.2) is 13.4 Å². The van der Waals surface area contributed by atoms with Gasteiger partial charge in [-0.2, -0.15) is 4.31 Å². The molecule has 0 fully saturated rings. The predicted octanol–water partition coefficient (Wildman–Crippen LogP) is 2.46. The summed E-state index contributed by atoms with van der Waals surface area (Å²) in [5, 5.41) is 0. The Bertz CT molecular complexity index is 462. The summed E-state index contributed by atoms with van der Waals surface area (Å²) in [7, 11) is -1.88. The first-order valence-electron chi connectivity index (χ1n) is 4.70. The lowest BCUT2D eigenvalue weighted by molar-refractivity contribution is 0.311. The molecule has 7 heteroatoms. The zero-order chi connectivity index (χ0) is 12.6. The predicted molar refractivity (Wildman–Crippen MR) is 66.4 cm³/mol. The minimum Gasteiger partial charge on any atom is -0.232 e. The Morgan fingerprint density at radius 2 is 2.06 bits per heavy atom.